The molecule has 2 nitrogen and oxygen atoms in total. The molecule has 0 aliphatic carbocycles. The van der Waals surface area contributed by atoms with Crippen LogP contribution < -0.4 is 0 Å². The molecule has 0 unspecified atom stereocenters. The van der Waals surface area contributed by atoms with E-state index in [1.165, 1.54) is 11.5 Å². The SMILES string of the molecule is CC(C)Sc1nsc(Cl)n1. The van der Waals surface area contributed by atoms with E-state index in [2.05, 4.69) is 23.2 Å². The van der Waals surface area contributed by atoms with Gasteiger partial charge in [-0.15, -0.1) is 0 Å². The molecular formula is C5H7ClN2S2. The van der Waals surface area contributed by atoms with Gasteiger partial charge in [-0.25, -0.2) is 0 Å². The molecule has 5 heteroatoms. The molecule has 0 saturated heterocycles. The zero-order valence-corrected chi connectivity index (χ0v) is 8.06. The van der Waals surface area contributed by atoms with Crippen LogP contribution in [0.1, 0.15) is 13.8 Å². The van der Waals surface area contributed by atoms with E-state index in [0.717, 1.165) is 5.16 Å². The van der Waals surface area contributed by atoms with Crippen molar-refractivity contribution in [3.8, 4) is 0 Å². The van der Waals surface area contributed by atoms with Crippen LogP contribution in [0.2, 0.25) is 4.47 Å². The minimum absolute atomic E-state index is 0.517. The van der Waals surface area contributed by atoms with Gasteiger partial charge in [-0.1, -0.05) is 25.6 Å². The van der Waals surface area contributed by atoms with E-state index in [1.54, 1.807) is 11.8 Å². The summed E-state index contributed by atoms with van der Waals surface area (Å²) in [6, 6.07) is 0. The first-order chi connectivity index (χ1) is 4.68. The number of hydrogen-bond donors (Lipinski definition) is 0. The molecule has 0 aromatic carbocycles. The van der Waals surface area contributed by atoms with Gasteiger partial charge in [0.25, 0.3) is 0 Å². The molecule has 0 aliphatic heterocycles. The molecule has 1 heterocycles. The normalized spacial score (nSPS) is 10.8. The van der Waals surface area contributed by atoms with E-state index in [1.807, 2.05) is 0 Å². The van der Waals surface area contributed by atoms with E-state index in [-0.39, 0.29) is 0 Å². The van der Waals surface area contributed by atoms with Gasteiger partial charge in [0, 0.05) is 5.25 Å². The topological polar surface area (TPSA) is 25.8 Å². The molecule has 0 radical (unpaired) electrons. The largest absolute Gasteiger partial charge is 0.204 e. The van der Waals surface area contributed by atoms with Gasteiger partial charge in [-0.3, -0.25) is 0 Å². The summed E-state index contributed by atoms with van der Waals surface area (Å²) >= 11 is 8.43. The highest BCUT2D eigenvalue weighted by atomic mass is 35.5. The molecule has 0 atom stereocenters. The molecule has 0 aliphatic rings. The van der Waals surface area contributed by atoms with Crippen molar-refractivity contribution < 1.29 is 0 Å². The summed E-state index contributed by atoms with van der Waals surface area (Å²) in [4.78, 5) is 3.99. The first kappa shape index (κ1) is 8.30. The molecule has 10 heavy (non-hydrogen) atoms. The molecule has 0 spiro atoms. The van der Waals surface area contributed by atoms with E-state index in [4.69, 9.17) is 11.6 Å². The van der Waals surface area contributed by atoms with E-state index in [9.17, 15) is 0 Å². The van der Waals surface area contributed by atoms with Crippen LogP contribution in [0.3, 0.4) is 0 Å². The van der Waals surface area contributed by atoms with Crippen molar-refractivity contribution >= 4 is 34.9 Å². The summed E-state index contributed by atoms with van der Waals surface area (Å²) in [6.07, 6.45) is 0. The van der Waals surface area contributed by atoms with Crippen molar-refractivity contribution in [2.75, 3.05) is 0 Å². The molecular weight excluding hydrogens is 188 g/mol. The lowest BCUT2D eigenvalue weighted by Gasteiger charge is -1.96. The van der Waals surface area contributed by atoms with Crippen molar-refractivity contribution in [1.29, 1.82) is 0 Å². The first-order valence-corrected chi connectivity index (χ1v) is 4.87. The lowest BCUT2D eigenvalue weighted by molar-refractivity contribution is 1.04. The summed E-state index contributed by atoms with van der Waals surface area (Å²) in [7, 11) is 0. The standard InChI is InChI=1S/C5H7ClN2S2/c1-3(2)9-5-7-4(6)10-8-5/h3H,1-2H3. The minimum atomic E-state index is 0.517. The number of halogens is 1. The van der Waals surface area contributed by atoms with Crippen molar-refractivity contribution in [3.63, 3.8) is 0 Å². The Kier molecular flexibility index (Phi) is 2.95. The monoisotopic (exact) mass is 194 g/mol. The predicted molar refractivity (Wildman–Crippen MR) is 45.9 cm³/mol. The molecule has 0 saturated carbocycles. The first-order valence-electron chi connectivity index (χ1n) is 2.84. The second-order valence-corrected chi connectivity index (χ2v) is 4.87. The Hall–Kier alpha value is 0.200. The smallest absolute Gasteiger partial charge is 0.198 e. The van der Waals surface area contributed by atoms with Gasteiger partial charge in [-0.05, 0) is 23.1 Å². The highest BCUT2D eigenvalue weighted by Crippen LogP contribution is 2.22. The minimum Gasteiger partial charge on any atom is -0.198 e. The fraction of sp³-hybridized carbons (Fsp3) is 0.600. The van der Waals surface area contributed by atoms with Crippen molar-refractivity contribution in [2.24, 2.45) is 0 Å². The van der Waals surface area contributed by atoms with Crippen LogP contribution >= 0.6 is 34.9 Å². The Morgan fingerprint density at radius 2 is 2.30 bits per heavy atom. The van der Waals surface area contributed by atoms with Gasteiger partial charge >= 0.3 is 0 Å². The van der Waals surface area contributed by atoms with Crippen LogP contribution in [0.5, 0.6) is 0 Å². The maximum absolute atomic E-state index is 5.58. The molecule has 56 valence electrons. The number of nitrogens with zero attached hydrogens (tertiary/aromatic N) is 2. The maximum atomic E-state index is 5.58. The fourth-order valence-electron chi connectivity index (χ4n) is 0.451. The number of thioether (sulfide) groups is 1. The van der Waals surface area contributed by atoms with Crippen LogP contribution in [0.15, 0.2) is 5.16 Å². The van der Waals surface area contributed by atoms with Crippen LogP contribution in [0.4, 0.5) is 0 Å². The third kappa shape index (κ3) is 2.44. The maximum Gasteiger partial charge on any atom is 0.204 e. The lowest BCUT2D eigenvalue weighted by atomic mass is 10.6. The average Bonchev–Trinajstić information content (AvgIpc) is 2.13. The van der Waals surface area contributed by atoms with Gasteiger partial charge in [0.05, 0.1) is 0 Å². The predicted octanol–water partition coefficient (Wildman–Crippen LogP) is 2.69. The zero-order chi connectivity index (χ0) is 7.56. The van der Waals surface area contributed by atoms with Gasteiger partial charge < -0.3 is 0 Å². The van der Waals surface area contributed by atoms with Crippen molar-refractivity contribution in [2.45, 2.75) is 24.3 Å². The summed E-state index contributed by atoms with van der Waals surface area (Å²) in [6.45, 7) is 4.19. The quantitative estimate of drug-likeness (QED) is 0.678. The lowest BCUT2D eigenvalue weighted by Crippen LogP contribution is -1.86. The van der Waals surface area contributed by atoms with Crippen LogP contribution in [-0.2, 0) is 0 Å². The third-order valence-corrected chi connectivity index (χ3v) is 2.50. The van der Waals surface area contributed by atoms with E-state index in [0.29, 0.717) is 9.72 Å². The summed E-state index contributed by atoms with van der Waals surface area (Å²) < 4.78 is 4.53. The van der Waals surface area contributed by atoms with Crippen molar-refractivity contribution in [1.82, 2.24) is 9.36 Å². The second kappa shape index (κ2) is 3.55. The number of rotatable bonds is 2. The fourth-order valence-corrected chi connectivity index (χ4v) is 1.91. The average molecular weight is 195 g/mol. The number of hydrogen-bond acceptors (Lipinski definition) is 4. The Morgan fingerprint density at radius 1 is 1.60 bits per heavy atom. The molecule has 0 fully saturated rings. The highest BCUT2D eigenvalue weighted by Gasteiger charge is 2.03. The second-order valence-electron chi connectivity index (χ2n) is 2.00. The van der Waals surface area contributed by atoms with Crippen LogP contribution in [-0.4, -0.2) is 14.6 Å². The Bertz CT molecular complexity index is 211. The molecule has 0 bridgehead atoms. The van der Waals surface area contributed by atoms with E-state index >= 15 is 0 Å². The van der Waals surface area contributed by atoms with Crippen LogP contribution in [0.25, 0.3) is 0 Å². The van der Waals surface area contributed by atoms with Crippen LogP contribution in [0, 0.1) is 0 Å². The van der Waals surface area contributed by atoms with Gasteiger partial charge in [0.15, 0.2) is 0 Å². The molecule has 1 aromatic heterocycles. The van der Waals surface area contributed by atoms with Gasteiger partial charge in [0.1, 0.15) is 0 Å². The Labute approximate surface area is 73.2 Å². The Balaban J connectivity index is 2.58. The molecule has 0 amide bonds. The van der Waals surface area contributed by atoms with Gasteiger partial charge in [0.2, 0.25) is 9.62 Å². The molecule has 0 N–H and O–H groups in total. The Morgan fingerprint density at radius 3 is 2.70 bits per heavy atom. The molecule has 1 rings (SSSR count). The third-order valence-electron chi connectivity index (χ3n) is 0.724. The number of aromatic nitrogens is 2. The summed E-state index contributed by atoms with van der Waals surface area (Å²) in [5, 5.41) is 1.30. The van der Waals surface area contributed by atoms with Gasteiger partial charge in [-0.2, -0.15) is 9.36 Å². The van der Waals surface area contributed by atoms with E-state index < -0.39 is 0 Å². The molecule has 1 aromatic rings. The summed E-state index contributed by atoms with van der Waals surface area (Å²) in [5.74, 6) is 0. The van der Waals surface area contributed by atoms with Crippen molar-refractivity contribution in [3.05, 3.63) is 4.47 Å². The highest BCUT2D eigenvalue weighted by molar-refractivity contribution is 7.99. The summed E-state index contributed by atoms with van der Waals surface area (Å²) in [5.41, 5.74) is 0. The zero-order valence-electron chi connectivity index (χ0n) is 5.67.